The second-order valence-electron chi connectivity index (χ2n) is 5.02. The maximum atomic E-state index is 12.2. The van der Waals surface area contributed by atoms with Gasteiger partial charge in [-0.2, -0.15) is 0 Å². The van der Waals surface area contributed by atoms with Gasteiger partial charge in [0.25, 0.3) is 0 Å². The van der Waals surface area contributed by atoms with Gasteiger partial charge in [0.2, 0.25) is 0 Å². The molecule has 5 heteroatoms. The molecular weight excluding hydrogens is 360 g/mol. The molecule has 0 saturated carbocycles. The number of hydrogen-bond donors (Lipinski definition) is 0. The van der Waals surface area contributed by atoms with E-state index in [0.717, 1.165) is 25.7 Å². The van der Waals surface area contributed by atoms with Crippen molar-refractivity contribution in [1.82, 2.24) is 0 Å². The number of esters is 2. The molecule has 0 bridgehead atoms. The van der Waals surface area contributed by atoms with Crippen LogP contribution in [-0.2, 0) is 19.1 Å². The monoisotopic (exact) mass is 382 g/mol. The van der Waals surface area contributed by atoms with Gasteiger partial charge in [-0.1, -0.05) is 22.5 Å². The van der Waals surface area contributed by atoms with E-state index in [1.54, 1.807) is 0 Å². The Morgan fingerprint density at radius 1 is 1.09 bits per heavy atom. The molecule has 0 aliphatic heterocycles. The molecule has 0 aliphatic carbocycles. The van der Waals surface area contributed by atoms with Crippen molar-refractivity contribution in [2.75, 3.05) is 14.2 Å². The Bertz CT molecular complexity index is 503. The van der Waals surface area contributed by atoms with Crippen LogP contribution in [0.25, 0.3) is 0 Å². The van der Waals surface area contributed by atoms with Gasteiger partial charge in [0.15, 0.2) is 5.41 Å². The van der Waals surface area contributed by atoms with E-state index < -0.39 is 17.4 Å². The Labute approximate surface area is 147 Å². The third-order valence-electron chi connectivity index (χ3n) is 3.32. The van der Waals surface area contributed by atoms with Crippen molar-refractivity contribution in [3.63, 3.8) is 0 Å². The number of carbonyl (C=O) groups excluding carboxylic acids is 2. The molecule has 0 aliphatic rings. The van der Waals surface area contributed by atoms with Crippen molar-refractivity contribution in [1.29, 1.82) is 0 Å². The first-order valence-electron chi connectivity index (χ1n) is 7.34. The minimum absolute atomic E-state index is 0.107. The van der Waals surface area contributed by atoms with Crippen LogP contribution in [-0.4, -0.2) is 26.2 Å². The predicted octanol–water partition coefficient (Wildman–Crippen LogP) is 3.59. The maximum Gasteiger partial charge on any atom is 0.323 e. The van der Waals surface area contributed by atoms with Crippen LogP contribution in [0.15, 0.2) is 11.1 Å². The van der Waals surface area contributed by atoms with Crippen LogP contribution in [0.5, 0.6) is 0 Å². The largest absolute Gasteiger partial charge is 0.468 e. The third-order valence-corrected chi connectivity index (χ3v) is 3.60. The first-order valence-corrected chi connectivity index (χ1v) is 8.13. The first kappa shape index (κ1) is 21.3. The fourth-order valence-corrected chi connectivity index (χ4v) is 2.61. The predicted molar refractivity (Wildman–Crippen MR) is 93.5 cm³/mol. The second kappa shape index (κ2) is 11.8. The van der Waals surface area contributed by atoms with Crippen LogP contribution >= 0.6 is 15.9 Å². The van der Waals surface area contributed by atoms with Crippen molar-refractivity contribution in [2.45, 2.75) is 44.9 Å². The van der Waals surface area contributed by atoms with Crippen molar-refractivity contribution in [3.05, 3.63) is 11.1 Å². The van der Waals surface area contributed by atoms with Crippen LogP contribution in [0.1, 0.15) is 44.9 Å². The van der Waals surface area contributed by atoms with Gasteiger partial charge in [-0.05, 0) is 23.7 Å². The summed E-state index contributed by atoms with van der Waals surface area (Å²) in [6, 6.07) is 0. The van der Waals surface area contributed by atoms with Crippen LogP contribution in [0.4, 0.5) is 0 Å². The minimum Gasteiger partial charge on any atom is -0.468 e. The Balaban J connectivity index is 4.86. The van der Waals surface area contributed by atoms with Crippen LogP contribution < -0.4 is 0 Å². The number of methoxy groups -OCH3 is 2. The van der Waals surface area contributed by atoms with Crippen LogP contribution in [0.2, 0.25) is 0 Å². The van der Waals surface area contributed by atoms with E-state index in [1.165, 1.54) is 14.2 Å². The van der Waals surface area contributed by atoms with Crippen molar-refractivity contribution < 1.29 is 19.1 Å². The summed E-state index contributed by atoms with van der Waals surface area (Å²) in [5.41, 5.74) is -1.41. The van der Waals surface area contributed by atoms with Crippen LogP contribution in [0.3, 0.4) is 0 Å². The molecule has 0 atom stereocenters. The van der Waals surface area contributed by atoms with E-state index in [2.05, 4.69) is 40.3 Å². The van der Waals surface area contributed by atoms with Gasteiger partial charge in [0, 0.05) is 25.7 Å². The molecule has 0 rings (SSSR count). The van der Waals surface area contributed by atoms with Crippen LogP contribution in [0, 0.1) is 29.6 Å². The zero-order valence-corrected chi connectivity index (χ0v) is 15.3. The fourth-order valence-electron chi connectivity index (χ4n) is 2.13. The van der Waals surface area contributed by atoms with Gasteiger partial charge in [0.05, 0.1) is 14.2 Å². The van der Waals surface area contributed by atoms with Gasteiger partial charge < -0.3 is 9.47 Å². The smallest absolute Gasteiger partial charge is 0.323 e. The second-order valence-corrected chi connectivity index (χ2v) is 6.15. The van der Waals surface area contributed by atoms with E-state index in [1.807, 2.05) is 0 Å². The van der Waals surface area contributed by atoms with Gasteiger partial charge >= 0.3 is 11.9 Å². The number of unbranched alkanes of at least 4 members (excludes halogenated alkanes) is 3. The summed E-state index contributed by atoms with van der Waals surface area (Å²) >= 11 is 3.20. The van der Waals surface area contributed by atoms with Gasteiger partial charge in [-0.3, -0.25) is 9.59 Å². The highest BCUT2D eigenvalue weighted by Gasteiger charge is 2.47. The molecular formula is C18H23BrO4. The summed E-state index contributed by atoms with van der Waals surface area (Å²) in [6.07, 6.45) is 9.27. The summed E-state index contributed by atoms with van der Waals surface area (Å²) in [7, 11) is 2.49. The van der Waals surface area contributed by atoms with Crippen molar-refractivity contribution >= 4 is 27.9 Å². The molecule has 4 nitrogen and oxygen atoms in total. The highest BCUT2D eigenvalue weighted by atomic mass is 79.9. The van der Waals surface area contributed by atoms with E-state index in [9.17, 15) is 9.59 Å². The van der Waals surface area contributed by atoms with Crippen molar-refractivity contribution in [3.8, 4) is 24.2 Å². The molecule has 0 heterocycles. The quantitative estimate of drug-likeness (QED) is 0.264. The Kier molecular flexibility index (Phi) is 10.9. The normalized spacial score (nSPS) is 10.0. The Hall–Kier alpha value is -1.72. The zero-order chi connectivity index (χ0) is 17.7. The molecule has 23 heavy (non-hydrogen) atoms. The number of allylic oxidation sites excluding steroid dienone is 1. The average molecular weight is 383 g/mol. The molecule has 0 aromatic heterocycles. The lowest BCUT2D eigenvalue weighted by Gasteiger charge is -2.27. The SMILES string of the molecule is C#CCCCCC#CCCC(CC(=C)Br)(C(=O)OC)C(=O)OC. The summed E-state index contributed by atoms with van der Waals surface area (Å²) in [5.74, 6) is 7.32. The fraction of sp³-hybridized carbons (Fsp3) is 0.556. The number of hydrogen-bond acceptors (Lipinski definition) is 4. The molecule has 0 aromatic rings. The molecule has 0 amide bonds. The molecule has 0 aromatic carbocycles. The highest BCUT2D eigenvalue weighted by Crippen LogP contribution is 2.36. The molecule has 0 fully saturated rings. The molecule has 0 N–H and O–H groups in total. The molecule has 0 unspecified atom stereocenters. The lowest BCUT2D eigenvalue weighted by atomic mass is 9.80. The minimum atomic E-state index is -1.41. The third kappa shape index (κ3) is 7.39. The Morgan fingerprint density at radius 2 is 1.61 bits per heavy atom. The molecule has 0 saturated heterocycles. The lowest BCUT2D eigenvalue weighted by molar-refractivity contribution is -0.169. The summed E-state index contributed by atoms with van der Waals surface area (Å²) in [6.45, 7) is 3.71. The zero-order valence-electron chi connectivity index (χ0n) is 13.7. The summed E-state index contributed by atoms with van der Waals surface area (Å²) in [4.78, 5) is 24.3. The average Bonchev–Trinajstić information content (AvgIpc) is 2.54. The molecule has 0 radical (unpaired) electrons. The summed E-state index contributed by atoms with van der Waals surface area (Å²) < 4.78 is 10.1. The van der Waals surface area contributed by atoms with Gasteiger partial charge in [-0.25, -0.2) is 0 Å². The van der Waals surface area contributed by atoms with Crippen molar-refractivity contribution in [2.24, 2.45) is 5.41 Å². The number of carbonyl (C=O) groups is 2. The number of terminal acetylenes is 1. The standard InChI is InChI=1S/C18H23BrO4/c1-5-6-7-8-9-10-11-12-13-18(14-15(2)19,16(20)22-3)17(21)23-4/h1H,2,6-9,12-14H2,3-4H3. The number of rotatable bonds is 9. The lowest BCUT2D eigenvalue weighted by Crippen LogP contribution is -2.41. The van der Waals surface area contributed by atoms with E-state index >= 15 is 0 Å². The van der Waals surface area contributed by atoms with Gasteiger partial charge in [-0.15, -0.1) is 24.2 Å². The molecule has 126 valence electrons. The van der Waals surface area contributed by atoms with E-state index in [-0.39, 0.29) is 12.8 Å². The number of halogens is 1. The van der Waals surface area contributed by atoms with E-state index in [0.29, 0.717) is 10.9 Å². The maximum absolute atomic E-state index is 12.2. The summed E-state index contributed by atoms with van der Waals surface area (Å²) in [5, 5.41) is 0. The van der Waals surface area contributed by atoms with Gasteiger partial charge in [0.1, 0.15) is 0 Å². The highest BCUT2D eigenvalue weighted by molar-refractivity contribution is 9.11. The van der Waals surface area contributed by atoms with E-state index in [4.69, 9.17) is 15.9 Å². The molecule has 0 spiro atoms. The topological polar surface area (TPSA) is 52.6 Å². The first-order chi connectivity index (χ1) is 10.9. The number of ether oxygens (including phenoxy) is 2. The Morgan fingerprint density at radius 3 is 2.09 bits per heavy atom.